The summed E-state index contributed by atoms with van der Waals surface area (Å²) in [6.07, 6.45) is 1.74. The normalized spacial score (nSPS) is 18.6. The molecule has 1 aliphatic rings. The van der Waals surface area contributed by atoms with Crippen LogP contribution in [0, 0.1) is 5.82 Å². The van der Waals surface area contributed by atoms with Crippen molar-refractivity contribution in [3.63, 3.8) is 0 Å². The van der Waals surface area contributed by atoms with Crippen molar-refractivity contribution < 1.29 is 9.50 Å². The van der Waals surface area contributed by atoms with E-state index in [9.17, 15) is 9.50 Å². The van der Waals surface area contributed by atoms with Crippen LogP contribution in [-0.2, 0) is 0 Å². The molecule has 0 unspecified atom stereocenters. The smallest absolute Gasteiger partial charge is 0.165 e. The van der Waals surface area contributed by atoms with Gasteiger partial charge in [0.2, 0.25) is 0 Å². The Kier molecular flexibility index (Phi) is 4.37. The minimum absolute atomic E-state index is 0.183. The van der Waals surface area contributed by atoms with Gasteiger partial charge >= 0.3 is 0 Å². The van der Waals surface area contributed by atoms with E-state index in [1.165, 1.54) is 6.07 Å². The summed E-state index contributed by atoms with van der Waals surface area (Å²) in [5.41, 5.74) is 0.548. The maximum absolute atomic E-state index is 13.5. The number of hydrogen-bond donors (Lipinski definition) is 2. The van der Waals surface area contributed by atoms with Crippen LogP contribution in [0.5, 0.6) is 5.75 Å². The van der Waals surface area contributed by atoms with Gasteiger partial charge in [-0.15, -0.1) is 6.58 Å². The van der Waals surface area contributed by atoms with Crippen molar-refractivity contribution in [2.45, 2.75) is 6.04 Å². The Morgan fingerprint density at radius 1 is 1.44 bits per heavy atom. The highest BCUT2D eigenvalue weighted by molar-refractivity contribution is 9.10. The molecule has 18 heavy (non-hydrogen) atoms. The fourth-order valence-electron chi connectivity index (χ4n) is 2.25. The first-order valence-corrected chi connectivity index (χ1v) is 6.68. The largest absolute Gasteiger partial charge is 0.505 e. The highest BCUT2D eigenvalue weighted by atomic mass is 79.9. The van der Waals surface area contributed by atoms with E-state index in [1.807, 2.05) is 0 Å². The molecule has 1 aromatic rings. The van der Waals surface area contributed by atoms with E-state index >= 15 is 0 Å². The molecule has 1 saturated heterocycles. The summed E-state index contributed by atoms with van der Waals surface area (Å²) in [6.45, 7) is 7.27. The lowest BCUT2D eigenvalue weighted by Gasteiger charge is -2.34. The minimum atomic E-state index is -0.602. The minimum Gasteiger partial charge on any atom is -0.505 e. The molecule has 0 aliphatic carbocycles. The van der Waals surface area contributed by atoms with Crippen LogP contribution in [0.2, 0.25) is 0 Å². The molecule has 1 fully saturated rings. The van der Waals surface area contributed by atoms with E-state index in [4.69, 9.17) is 0 Å². The Morgan fingerprint density at radius 3 is 2.72 bits per heavy atom. The molecule has 0 bridgehead atoms. The third kappa shape index (κ3) is 2.58. The first-order chi connectivity index (χ1) is 8.65. The molecule has 1 aromatic carbocycles. The quantitative estimate of drug-likeness (QED) is 0.841. The van der Waals surface area contributed by atoms with Crippen LogP contribution in [0.4, 0.5) is 4.39 Å². The number of halogens is 2. The van der Waals surface area contributed by atoms with Gasteiger partial charge < -0.3 is 10.4 Å². The third-order valence-corrected chi connectivity index (χ3v) is 3.87. The summed E-state index contributed by atoms with van der Waals surface area (Å²) in [5.74, 6) is -0.900. The molecule has 0 radical (unpaired) electrons. The zero-order chi connectivity index (χ0) is 13.1. The van der Waals surface area contributed by atoms with Gasteiger partial charge in [0.15, 0.2) is 11.6 Å². The van der Waals surface area contributed by atoms with Crippen molar-refractivity contribution in [3.8, 4) is 5.75 Å². The molecule has 0 aromatic heterocycles. The molecule has 1 heterocycles. The van der Waals surface area contributed by atoms with Crippen LogP contribution in [0.1, 0.15) is 11.6 Å². The fourth-order valence-corrected chi connectivity index (χ4v) is 2.80. The lowest BCUT2D eigenvalue weighted by atomic mass is 10.0. The average molecular weight is 315 g/mol. The second kappa shape index (κ2) is 5.82. The second-order valence-corrected chi connectivity index (χ2v) is 5.11. The van der Waals surface area contributed by atoms with Crippen LogP contribution in [0.15, 0.2) is 29.3 Å². The lowest BCUT2D eigenvalue weighted by Crippen LogP contribution is -2.44. The maximum Gasteiger partial charge on any atom is 0.165 e. The number of benzene rings is 1. The van der Waals surface area contributed by atoms with Crippen molar-refractivity contribution in [1.82, 2.24) is 10.2 Å². The van der Waals surface area contributed by atoms with Gasteiger partial charge in [-0.1, -0.05) is 22.0 Å². The van der Waals surface area contributed by atoms with Gasteiger partial charge in [-0.3, -0.25) is 4.90 Å². The van der Waals surface area contributed by atoms with Gasteiger partial charge in [-0.2, -0.15) is 0 Å². The predicted octanol–water partition coefficient (Wildman–Crippen LogP) is 2.43. The number of phenols is 1. The molecule has 98 valence electrons. The second-order valence-electron chi connectivity index (χ2n) is 4.26. The van der Waals surface area contributed by atoms with E-state index in [-0.39, 0.29) is 11.8 Å². The number of nitrogens with one attached hydrogen (secondary N) is 1. The number of hydrogen-bond acceptors (Lipinski definition) is 3. The SMILES string of the molecule is C=C[C@H](c1c(Br)ccc(F)c1O)N1CCNCC1. The van der Waals surface area contributed by atoms with Crippen molar-refractivity contribution >= 4 is 15.9 Å². The van der Waals surface area contributed by atoms with Gasteiger partial charge in [0.25, 0.3) is 0 Å². The van der Waals surface area contributed by atoms with Crippen LogP contribution in [-0.4, -0.2) is 36.2 Å². The molecule has 1 atom stereocenters. The zero-order valence-electron chi connectivity index (χ0n) is 10.00. The molecule has 2 rings (SSSR count). The van der Waals surface area contributed by atoms with Gasteiger partial charge in [-0.25, -0.2) is 4.39 Å². The summed E-state index contributed by atoms with van der Waals surface area (Å²) in [7, 11) is 0. The molecule has 5 heteroatoms. The molecular formula is C13H16BrFN2O. The van der Waals surface area contributed by atoms with Gasteiger partial charge in [0.1, 0.15) is 0 Å². The van der Waals surface area contributed by atoms with E-state index in [1.54, 1.807) is 12.1 Å². The Bertz CT molecular complexity index is 447. The number of piperazine rings is 1. The first kappa shape index (κ1) is 13.5. The molecule has 0 amide bonds. The van der Waals surface area contributed by atoms with Crippen LogP contribution < -0.4 is 5.32 Å². The Balaban J connectivity index is 2.37. The van der Waals surface area contributed by atoms with E-state index < -0.39 is 5.82 Å². The van der Waals surface area contributed by atoms with Gasteiger partial charge in [0.05, 0.1) is 6.04 Å². The maximum atomic E-state index is 13.5. The number of rotatable bonds is 3. The molecular weight excluding hydrogens is 299 g/mol. The Labute approximate surface area is 114 Å². The van der Waals surface area contributed by atoms with Crippen molar-refractivity contribution in [3.05, 3.63) is 40.6 Å². The summed E-state index contributed by atoms with van der Waals surface area (Å²) in [4.78, 5) is 2.17. The highest BCUT2D eigenvalue weighted by Crippen LogP contribution is 2.37. The summed E-state index contributed by atoms with van der Waals surface area (Å²) >= 11 is 3.37. The van der Waals surface area contributed by atoms with Crippen molar-refractivity contribution in [2.24, 2.45) is 0 Å². The zero-order valence-corrected chi connectivity index (χ0v) is 11.6. The van der Waals surface area contributed by atoms with E-state index in [0.717, 1.165) is 26.2 Å². The summed E-state index contributed by atoms with van der Waals surface area (Å²) in [5, 5.41) is 13.2. The number of nitrogens with zero attached hydrogens (tertiary/aromatic N) is 1. The Hall–Kier alpha value is -0.910. The summed E-state index contributed by atoms with van der Waals surface area (Å²) in [6, 6.07) is 2.68. The van der Waals surface area contributed by atoms with Gasteiger partial charge in [0, 0.05) is 36.2 Å². The van der Waals surface area contributed by atoms with Crippen LogP contribution in [0.25, 0.3) is 0 Å². The predicted molar refractivity (Wildman–Crippen MR) is 73.1 cm³/mol. The Morgan fingerprint density at radius 2 is 2.11 bits per heavy atom. The molecule has 0 saturated carbocycles. The molecule has 0 spiro atoms. The molecule has 2 N–H and O–H groups in total. The topological polar surface area (TPSA) is 35.5 Å². The monoisotopic (exact) mass is 314 g/mol. The van der Waals surface area contributed by atoms with Crippen molar-refractivity contribution in [2.75, 3.05) is 26.2 Å². The lowest BCUT2D eigenvalue weighted by molar-refractivity contribution is 0.199. The van der Waals surface area contributed by atoms with Gasteiger partial charge in [-0.05, 0) is 12.1 Å². The first-order valence-electron chi connectivity index (χ1n) is 5.89. The standard InChI is InChI=1S/C13H16BrFN2O/c1-2-11(17-7-5-16-6-8-17)12-9(14)3-4-10(15)13(12)18/h2-4,11,16,18H,1,5-8H2/t11-/m1/s1. The fraction of sp³-hybridized carbons (Fsp3) is 0.385. The van der Waals surface area contributed by atoms with Crippen LogP contribution in [0.3, 0.4) is 0 Å². The molecule has 3 nitrogen and oxygen atoms in total. The number of phenolic OH excluding ortho intramolecular Hbond substituents is 1. The third-order valence-electron chi connectivity index (χ3n) is 3.18. The summed E-state index contributed by atoms with van der Waals surface area (Å²) < 4.78 is 14.2. The van der Waals surface area contributed by atoms with Crippen molar-refractivity contribution in [1.29, 1.82) is 0 Å². The average Bonchev–Trinajstić information content (AvgIpc) is 2.40. The van der Waals surface area contributed by atoms with Crippen LogP contribution >= 0.6 is 15.9 Å². The van der Waals surface area contributed by atoms with E-state index in [2.05, 4.69) is 32.7 Å². The highest BCUT2D eigenvalue weighted by Gasteiger charge is 2.25. The molecule has 1 aliphatic heterocycles. The number of aromatic hydroxyl groups is 1. The van der Waals surface area contributed by atoms with E-state index in [0.29, 0.717) is 10.0 Å².